The van der Waals surface area contributed by atoms with Gasteiger partial charge in [0, 0.05) is 5.56 Å². The average Bonchev–Trinajstić information content (AvgIpc) is 2.71. The largest absolute Gasteiger partial charge is 0.507 e. The lowest BCUT2D eigenvalue weighted by Gasteiger charge is -2.18. The van der Waals surface area contributed by atoms with Gasteiger partial charge in [0.2, 0.25) is 0 Å². The zero-order valence-electron chi connectivity index (χ0n) is 16.5. The maximum atomic E-state index is 10.7. The highest BCUT2D eigenvalue weighted by molar-refractivity contribution is 5.83. The van der Waals surface area contributed by atoms with Gasteiger partial charge in [0.1, 0.15) is 5.75 Å². The van der Waals surface area contributed by atoms with Crippen molar-refractivity contribution in [2.75, 3.05) is 6.61 Å². The number of phenols is 1. The summed E-state index contributed by atoms with van der Waals surface area (Å²) < 4.78 is 0. The van der Waals surface area contributed by atoms with E-state index in [4.69, 9.17) is 0 Å². The van der Waals surface area contributed by atoms with Gasteiger partial charge in [-0.15, -0.1) is 0 Å². The summed E-state index contributed by atoms with van der Waals surface area (Å²) in [6.45, 7) is 6.01. The smallest absolute Gasteiger partial charge is 0.122 e. The summed E-state index contributed by atoms with van der Waals surface area (Å²) in [5.41, 5.74) is 4.43. The summed E-state index contributed by atoms with van der Waals surface area (Å²) in [4.78, 5) is 0. The van der Waals surface area contributed by atoms with Gasteiger partial charge in [-0.2, -0.15) is 0 Å². The average molecular weight is 379 g/mol. The number of aliphatic hydroxyl groups excluding tert-OH is 2. The van der Waals surface area contributed by atoms with Gasteiger partial charge in [0.15, 0.2) is 0 Å². The lowest BCUT2D eigenvalue weighted by atomic mass is 9.91. The summed E-state index contributed by atoms with van der Waals surface area (Å²) in [7, 11) is 0. The van der Waals surface area contributed by atoms with Crippen LogP contribution in [0.4, 0.5) is 0 Å². The number of benzene rings is 2. The molecule has 2 aromatic carbocycles. The lowest BCUT2D eigenvalue weighted by Crippen LogP contribution is -2.13. The monoisotopic (exact) mass is 378 g/mol. The molecule has 0 heterocycles. The number of para-hydroxylation sites is 1. The molecule has 0 amide bonds. The van der Waals surface area contributed by atoms with E-state index >= 15 is 0 Å². The maximum absolute atomic E-state index is 10.7. The Morgan fingerprint density at radius 1 is 1.04 bits per heavy atom. The Morgan fingerprint density at radius 3 is 2.36 bits per heavy atom. The van der Waals surface area contributed by atoms with E-state index < -0.39 is 6.10 Å². The SMILES string of the molecule is C=C(CCC)/C(=C/CO)C(O)CC/C(=C/c1ccccc1O)c1ccccc1. The summed E-state index contributed by atoms with van der Waals surface area (Å²) in [6, 6.07) is 17.2. The van der Waals surface area contributed by atoms with E-state index in [1.807, 2.05) is 48.5 Å². The first kappa shape index (κ1) is 21.7. The van der Waals surface area contributed by atoms with E-state index in [-0.39, 0.29) is 12.4 Å². The van der Waals surface area contributed by atoms with Crippen molar-refractivity contribution in [3.05, 3.63) is 89.5 Å². The van der Waals surface area contributed by atoms with Crippen molar-refractivity contribution < 1.29 is 15.3 Å². The van der Waals surface area contributed by atoms with Crippen LogP contribution in [0.15, 0.2) is 78.4 Å². The number of hydrogen-bond acceptors (Lipinski definition) is 3. The van der Waals surface area contributed by atoms with Gasteiger partial charge < -0.3 is 15.3 Å². The van der Waals surface area contributed by atoms with E-state index in [9.17, 15) is 15.3 Å². The van der Waals surface area contributed by atoms with Crippen molar-refractivity contribution in [3.8, 4) is 5.75 Å². The Bertz CT molecular complexity index is 819. The molecular formula is C25H30O3. The highest BCUT2D eigenvalue weighted by Gasteiger charge is 2.15. The van der Waals surface area contributed by atoms with Gasteiger partial charge in [0.25, 0.3) is 0 Å². The van der Waals surface area contributed by atoms with E-state index in [1.165, 1.54) is 0 Å². The Labute approximate surface area is 168 Å². The Kier molecular flexibility index (Phi) is 8.73. The molecule has 0 aromatic heterocycles. The first-order valence-electron chi connectivity index (χ1n) is 9.78. The summed E-state index contributed by atoms with van der Waals surface area (Å²) >= 11 is 0. The zero-order chi connectivity index (χ0) is 20.4. The number of rotatable bonds is 10. The van der Waals surface area contributed by atoms with Crippen LogP contribution >= 0.6 is 0 Å². The minimum Gasteiger partial charge on any atom is -0.507 e. The minimum absolute atomic E-state index is 0.117. The van der Waals surface area contributed by atoms with Gasteiger partial charge in [-0.3, -0.25) is 0 Å². The second-order valence-corrected chi connectivity index (χ2v) is 6.84. The van der Waals surface area contributed by atoms with Gasteiger partial charge in [-0.1, -0.05) is 74.5 Å². The van der Waals surface area contributed by atoms with E-state index in [2.05, 4.69) is 13.5 Å². The molecule has 3 heteroatoms. The fourth-order valence-corrected chi connectivity index (χ4v) is 3.26. The molecular weight excluding hydrogens is 348 g/mol. The molecule has 2 rings (SSSR count). The molecule has 0 aliphatic heterocycles. The first-order valence-corrected chi connectivity index (χ1v) is 9.78. The predicted molar refractivity (Wildman–Crippen MR) is 117 cm³/mol. The number of aromatic hydroxyl groups is 1. The third kappa shape index (κ3) is 6.22. The van der Waals surface area contributed by atoms with Crippen LogP contribution in [0, 0.1) is 0 Å². The van der Waals surface area contributed by atoms with Crippen LogP contribution in [-0.2, 0) is 0 Å². The van der Waals surface area contributed by atoms with Crippen molar-refractivity contribution in [2.24, 2.45) is 0 Å². The normalized spacial score (nSPS) is 13.4. The predicted octanol–water partition coefficient (Wildman–Crippen LogP) is 5.35. The van der Waals surface area contributed by atoms with Gasteiger partial charge >= 0.3 is 0 Å². The van der Waals surface area contributed by atoms with Crippen LogP contribution in [0.2, 0.25) is 0 Å². The summed E-state index contributed by atoms with van der Waals surface area (Å²) in [5.74, 6) is 0.230. The molecule has 0 saturated carbocycles. The molecule has 0 radical (unpaired) electrons. The molecule has 2 aromatic rings. The zero-order valence-corrected chi connectivity index (χ0v) is 16.5. The van der Waals surface area contributed by atoms with E-state index in [1.54, 1.807) is 18.2 Å². The van der Waals surface area contributed by atoms with Crippen LogP contribution in [-0.4, -0.2) is 28.0 Å². The van der Waals surface area contributed by atoms with Crippen molar-refractivity contribution in [1.29, 1.82) is 0 Å². The highest BCUT2D eigenvalue weighted by atomic mass is 16.3. The third-order valence-corrected chi connectivity index (χ3v) is 4.73. The molecule has 148 valence electrons. The quantitative estimate of drug-likeness (QED) is 0.386. The van der Waals surface area contributed by atoms with Crippen LogP contribution in [0.5, 0.6) is 5.75 Å². The molecule has 1 atom stereocenters. The Balaban J connectivity index is 2.25. The van der Waals surface area contributed by atoms with E-state index in [0.717, 1.165) is 40.7 Å². The van der Waals surface area contributed by atoms with Crippen molar-refractivity contribution in [2.45, 2.75) is 38.7 Å². The number of hydrogen-bond donors (Lipinski definition) is 3. The molecule has 28 heavy (non-hydrogen) atoms. The third-order valence-electron chi connectivity index (χ3n) is 4.73. The molecule has 0 aliphatic rings. The van der Waals surface area contributed by atoms with Crippen molar-refractivity contribution >= 4 is 11.6 Å². The van der Waals surface area contributed by atoms with Gasteiger partial charge in [-0.25, -0.2) is 0 Å². The second-order valence-electron chi connectivity index (χ2n) is 6.84. The number of allylic oxidation sites excluding steroid dienone is 1. The fourth-order valence-electron chi connectivity index (χ4n) is 3.26. The van der Waals surface area contributed by atoms with Gasteiger partial charge in [-0.05, 0) is 53.7 Å². The highest BCUT2D eigenvalue weighted by Crippen LogP contribution is 2.29. The molecule has 0 spiro atoms. The molecule has 1 unspecified atom stereocenters. The molecule has 0 bridgehead atoms. The molecule has 0 aliphatic carbocycles. The van der Waals surface area contributed by atoms with Gasteiger partial charge in [0.05, 0.1) is 12.7 Å². The molecule has 0 saturated heterocycles. The van der Waals surface area contributed by atoms with E-state index in [0.29, 0.717) is 12.8 Å². The van der Waals surface area contributed by atoms with Crippen LogP contribution in [0.25, 0.3) is 11.6 Å². The fraction of sp³-hybridized carbons (Fsp3) is 0.280. The molecule has 3 nitrogen and oxygen atoms in total. The van der Waals surface area contributed by atoms with Crippen molar-refractivity contribution in [1.82, 2.24) is 0 Å². The van der Waals surface area contributed by atoms with Crippen LogP contribution < -0.4 is 0 Å². The first-order chi connectivity index (χ1) is 13.6. The Morgan fingerprint density at radius 2 is 1.71 bits per heavy atom. The summed E-state index contributed by atoms with van der Waals surface area (Å²) in [5, 5.41) is 30.2. The lowest BCUT2D eigenvalue weighted by molar-refractivity contribution is 0.202. The number of aliphatic hydroxyl groups is 2. The Hall–Kier alpha value is -2.62. The van der Waals surface area contributed by atoms with Crippen LogP contribution in [0.3, 0.4) is 0 Å². The van der Waals surface area contributed by atoms with Crippen molar-refractivity contribution in [3.63, 3.8) is 0 Å². The van der Waals surface area contributed by atoms with Crippen LogP contribution in [0.1, 0.15) is 43.7 Å². The maximum Gasteiger partial charge on any atom is 0.122 e. The summed E-state index contributed by atoms with van der Waals surface area (Å²) in [6.07, 6.45) is 5.79. The molecule has 0 fully saturated rings. The second kappa shape index (κ2) is 11.3. The molecule has 3 N–H and O–H groups in total. The number of phenolic OH excluding ortho intramolecular Hbond substituents is 1. The standard InChI is InChI=1S/C25H30O3/c1-3-9-19(2)23(16-17-26)25(28)15-14-21(20-10-5-4-6-11-20)18-22-12-7-8-13-24(22)27/h4-8,10-13,16,18,25-28H,2-3,9,14-15,17H2,1H3/b21-18-,23-16-. The topological polar surface area (TPSA) is 60.7 Å². The minimum atomic E-state index is -0.692.